The maximum Gasteiger partial charge on any atom is 0.268 e. The lowest BCUT2D eigenvalue weighted by atomic mass is 10.1. The number of hydrogen-bond donors (Lipinski definition) is 1. The molecule has 1 heterocycles. The highest BCUT2D eigenvalue weighted by Crippen LogP contribution is 2.13. The summed E-state index contributed by atoms with van der Waals surface area (Å²) in [6.07, 6.45) is 1.89. The minimum Gasteiger partial charge on any atom is -0.270 e. The van der Waals surface area contributed by atoms with Crippen molar-refractivity contribution >= 4 is 5.91 Å². The van der Waals surface area contributed by atoms with Crippen LogP contribution in [0.2, 0.25) is 0 Å². The number of tetrazole rings is 1. The Bertz CT molecular complexity index is 747. The van der Waals surface area contributed by atoms with Gasteiger partial charge in [0.05, 0.1) is 6.61 Å². The van der Waals surface area contributed by atoms with E-state index < -0.39 is 6.04 Å². The molecule has 0 aliphatic heterocycles. The monoisotopic (exact) mass is 323 g/mol. The van der Waals surface area contributed by atoms with Crippen LogP contribution in [-0.4, -0.2) is 26.1 Å². The summed E-state index contributed by atoms with van der Waals surface area (Å²) in [6, 6.07) is 18.7. The Morgan fingerprint density at radius 1 is 1.04 bits per heavy atom. The van der Waals surface area contributed by atoms with Gasteiger partial charge in [-0.25, -0.2) is 10.2 Å². The molecule has 1 aromatic heterocycles. The maximum atomic E-state index is 12.5. The number of hydrogen-bond acceptors (Lipinski definition) is 5. The van der Waals surface area contributed by atoms with E-state index in [1.165, 1.54) is 11.0 Å². The van der Waals surface area contributed by atoms with Gasteiger partial charge in [-0.15, -0.1) is 5.10 Å². The van der Waals surface area contributed by atoms with Crippen molar-refractivity contribution in [2.45, 2.75) is 19.1 Å². The van der Waals surface area contributed by atoms with Crippen LogP contribution >= 0.6 is 0 Å². The van der Waals surface area contributed by atoms with E-state index in [0.29, 0.717) is 13.0 Å². The molecule has 1 N–H and O–H groups in total. The summed E-state index contributed by atoms with van der Waals surface area (Å²) in [5, 5.41) is 11.1. The van der Waals surface area contributed by atoms with Gasteiger partial charge < -0.3 is 0 Å². The zero-order chi connectivity index (χ0) is 16.6. The van der Waals surface area contributed by atoms with Crippen LogP contribution in [0.4, 0.5) is 0 Å². The topological polar surface area (TPSA) is 81.9 Å². The first-order chi connectivity index (χ1) is 11.8. The van der Waals surface area contributed by atoms with Crippen molar-refractivity contribution in [3.8, 4) is 0 Å². The molecule has 1 amide bonds. The Hall–Kier alpha value is -3.06. The molecular formula is C17H17N5O2. The number of carbonyl (C=O) groups is 1. The van der Waals surface area contributed by atoms with E-state index in [9.17, 15) is 4.79 Å². The standard InChI is InChI=1S/C17H17N5O2/c23-17(19-24-12-15-9-5-2-6-10-15)16(22-13-18-20-21-22)11-14-7-3-1-4-8-14/h1-10,13,16H,11-12H2,(H,19,23). The summed E-state index contributed by atoms with van der Waals surface area (Å²) in [5.74, 6) is -0.304. The molecule has 7 nitrogen and oxygen atoms in total. The van der Waals surface area contributed by atoms with E-state index in [-0.39, 0.29) is 5.91 Å². The minimum atomic E-state index is -0.585. The molecular weight excluding hydrogens is 306 g/mol. The molecule has 1 unspecified atom stereocenters. The van der Waals surface area contributed by atoms with Crippen molar-refractivity contribution < 1.29 is 9.63 Å². The number of amides is 1. The summed E-state index contributed by atoms with van der Waals surface area (Å²) in [4.78, 5) is 17.8. The molecule has 24 heavy (non-hydrogen) atoms. The highest BCUT2D eigenvalue weighted by molar-refractivity contribution is 5.79. The van der Waals surface area contributed by atoms with E-state index >= 15 is 0 Å². The zero-order valence-corrected chi connectivity index (χ0v) is 12.9. The van der Waals surface area contributed by atoms with Gasteiger partial charge in [0.1, 0.15) is 12.4 Å². The lowest BCUT2D eigenvalue weighted by Gasteiger charge is -2.16. The predicted octanol–water partition coefficient (Wildman–Crippen LogP) is 1.70. The predicted molar refractivity (Wildman–Crippen MR) is 86.4 cm³/mol. The first-order valence-electron chi connectivity index (χ1n) is 7.55. The summed E-state index contributed by atoms with van der Waals surface area (Å²) in [7, 11) is 0. The molecule has 3 aromatic rings. The lowest BCUT2D eigenvalue weighted by molar-refractivity contribution is -0.138. The van der Waals surface area contributed by atoms with E-state index in [4.69, 9.17) is 4.84 Å². The fourth-order valence-electron chi connectivity index (χ4n) is 2.29. The number of aromatic nitrogens is 4. The third kappa shape index (κ3) is 4.23. The van der Waals surface area contributed by atoms with Gasteiger partial charge in [0, 0.05) is 6.42 Å². The Balaban J connectivity index is 1.63. The number of rotatable bonds is 7. The number of nitrogens with zero attached hydrogens (tertiary/aromatic N) is 4. The van der Waals surface area contributed by atoms with Crippen LogP contribution in [0.1, 0.15) is 17.2 Å². The first kappa shape index (κ1) is 15.8. The molecule has 0 radical (unpaired) electrons. The summed E-state index contributed by atoms with van der Waals surface area (Å²) in [6.45, 7) is 0.292. The van der Waals surface area contributed by atoms with Crippen molar-refractivity contribution in [3.05, 3.63) is 78.1 Å². The number of hydroxylamine groups is 1. The van der Waals surface area contributed by atoms with E-state index in [2.05, 4.69) is 21.0 Å². The minimum absolute atomic E-state index is 0.292. The summed E-state index contributed by atoms with van der Waals surface area (Å²) >= 11 is 0. The van der Waals surface area contributed by atoms with Crippen molar-refractivity contribution in [1.29, 1.82) is 0 Å². The average Bonchev–Trinajstić information content (AvgIpc) is 3.16. The molecule has 0 aliphatic carbocycles. The Kier molecular flexibility index (Phi) is 5.26. The second-order valence-corrected chi connectivity index (χ2v) is 5.24. The third-order valence-electron chi connectivity index (χ3n) is 3.51. The van der Waals surface area contributed by atoms with Gasteiger partial charge in [-0.3, -0.25) is 9.63 Å². The quantitative estimate of drug-likeness (QED) is 0.669. The fourth-order valence-corrected chi connectivity index (χ4v) is 2.29. The average molecular weight is 323 g/mol. The summed E-state index contributed by atoms with van der Waals surface area (Å²) < 4.78 is 1.42. The maximum absolute atomic E-state index is 12.5. The van der Waals surface area contributed by atoms with Crippen molar-refractivity contribution in [3.63, 3.8) is 0 Å². The highest BCUT2D eigenvalue weighted by Gasteiger charge is 2.22. The Morgan fingerprint density at radius 3 is 2.33 bits per heavy atom. The van der Waals surface area contributed by atoms with Crippen LogP contribution in [-0.2, 0) is 22.7 Å². The number of nitrogens with one attached hydrogen (secondary N) is 1. The molecule has 122 valence electrons. The second-order valence-electron chi connectivity index (χ2n) is 5.24. The van der Waals surface area contributed by atoms with Crippen molar-refractivity contribution in [1.82, 2.24) is 25.7 Å². The van der Waals surface area contributed by atoms with Gasteiger partial charge >= 0.3 is 0 Å². The van der Waals surface area contributed by atoms with Crippen LogP contribution in [0.25, 0.3) is 0 Å². The number of benzene rings is 2. The number of carbonyl (C=O) groups excluding carboxylic acids is 1. The van der Waals surface area contributed by atoms with Crippen LogP contribution in [0.5, 0.6) is 0 Å². The molecule has 1 atom stereocenters. The molecule has 0 aliphatic rings. The molecule has 0 fully saturated rings. The molecule has 0 spiro atoms. The van der Waals surface area contributed by atoms with E-state index in [1.54, 1.807) is 0 Å². The highest BCUT2D eigenvalue weighted by atomic mass is 16.6. The molecule has 0 saturated heterocycles. The third-order valence-corrected chi connectivity index (χ3v) is 3.51. The zero-order valence-electron chi connectivity index (χ0n) is 12.9. The fraction of sp³-hybridized carbons (Fsp3) is 0.176. The SMILES string of the molecule is O=C(NOCc1ccccc1)C(Cc1ccccc1)n1cnnn1. The normalized spacial score (nSPS) is 11.8. The molecule has 0 saturated carbocycles. The van der Waals surface area contributed by atoms with Gasteiger partial charge in [-0.1, -0.05) is 60.7 Å². The van der Waals surface area contributed by atoms with Gasteiger partial charge in [0.15, 0.2) is 0 Å². The smallest absolute Gasteiger partial charge is 0.268 e. The van der Waals surface area contributed by atoms with Gasteiger partial charge in [-0.2, -0.15) is 0 Å². The molecule has 3 rings (SSSR count). The van der Waals surface area contributed by atoms with Crippen molar-refractivity contribution in [2.24, 2.45) is 0 Å². The Labute approximate surface area is 139 Å². The largest absolute Gasteiger partial charge is 0.270 e. The van der Waals surface area contributed by atoms with Crippen LogP contribution in [0.3, 0.4) is 0 Å². The summed E-state index contributed by atoms with van der Waals surface area (Å²) in [5.41, 5.74) is 4.47. The Morgan fingerprint density at radius 2 is 1.71 bits per heavy atom. The van der Waals surface area contributed by atoms with E-state index in [0.717, 1.165) is 11.1 Å². The van der Waals surface area contributed by atoms with Crippen LogP contribution in [0.15, 0.2) is 67.0 Å². The van der Waals surface area contributed by atoms with Crippen LogP contribution < -0.4 is 5.48 Å². The van der Waals surface area contributed by atoms with Gasteiger partial charge in [0.2, 0.25) is 0 Å². The van der Waals surface area contributed by atoms with E-state index in [1.807, 2.05) is 60.7 Å². The second kappa shape index (κ2) is 7.98. The van der Waals surface area contributed by atoms with Crippen molar-refractivity contribution in [2.75, 3.05) is 0 Å². The molecule has 2 aromatic carbocycles. The van der Waals surface area contributed by atoms with Gasteiger partial charge in [-0.05, 0) is 21.6 Å². The first-order valence-corrected chi connectivity index (χ1v) is 7.55. The lowest BCUT2D eigenvalue weighted by Crippen LogP contribution is -2.34. The molecule has 7 heteroatoms. The molecule has 0 bridgehead atoms. The van der Waals surface area contributed by atoms with Crippen LogP contribution in [0, 0.1) is 0 Å². The van der Waals surface area contributed by atoms with Gasteiger partial charge in [0.25, 0.3) is 5.91 Å².